The molecule has 0 aromatic carbocycles. The molecule has 0 bridgehead atoms. The van der Waals surface area contributed by atoms with Crippen LogP contribution in [0.3, 0.4) is 0 Å². The third kappa shape index (κ3) is 4.89. The molecular weight excluding hydrogens is 442 g/mol. The minimum absolute atomic E-state index is 0.0607. The summed E-state index contributed by atoms with van der Waals surface area (Å²) >= 11 is 0. The highest BCUT2D eigenvalue weighted by molar-refractivity contribution is 5.80. The molecule has 6 N–H and O–H groups in total. The lowest BCUT2D eigenvalue weighted by Crippen LogP contribution is -2.63. The van der Waals surface area contributed by atoms with Gasteiger partial charge in [-0.15, -0.1) is 0 Å². The number of nitrogens with zero attached hydrogens (tertiary/aromatic N) is 5. The Labute approximate surface area is 207 Å². The molecule has 10 heteroatoms. The minimum atomic E-state index is -0.316. The number of amides is 1. The number of nitrogens with one attached hydrogen (secondary N) is 2. The van der Waals surface area contributed by atoms with Gasteiger partial charge in [-0.1, -0.05) is 0 Å². The van der Waals surface area contributed by atoms with E-state index in [1.54, 1.807) is 0 Å². The maximum absolute atomic E-state index is 13.9. The highest BCUT2D eigenvalue weighted by Gasteiger charge is 2.39. The second-order valence-corrected chi connectivity index (χ2v) is 10.8. The number of likely N-dealkylation sites (tertiary alicyclic amines) is 1. The first kappa shape index (κ1) is 24.4. The second kappa shape index (κ2) is 10.0. The number of nitrogens with two attached hydrogens (primary N) is 2. The number of piperidine rings is 1. The van der Waals surface area contributed by atoms with Crippen LogP contribution in [0.4, 0.5) is 5.82 Å². The Morgan fingerprint density at radius 3 is 2.66 bits per heavy atom. The zero-order chi connectivity index (χ0) is 24.7. The molecule has 5 atom stereocenters. The van der Waals surface area contributed by atoms with Gasteiger partial charge in [0.15, 0.2) is 5.65 Å². The molecule has 3 saturated heterocycles. The molecule has 192 valence electrons. The van der Waals surface area contributed by atoms with Gasteiger partial charge in [0.1, 0.15) is 5.82 Å². The first-order valence-corrected chi connectivity index (χ1v) is 13.2. The topological polar surface area (TPSA) is 130 Å². The summed E-state index contributed by atoms with van der Waals surface area (Å²) in [5, 5.41) is 12.0. The summed E-state index contributed by atoms with van der Waals surface area (Å²) in [6, 6.07) is 2.89. The second-order valence-electron chi connectivity index (χ2n) is 10.8. The van der Waals surface area contributed by atoms with E-state index in [-0.39, 0.29) is 30.1 Å². The summed E-state index contributed by atoms with van der Waals surface area (Å²) < 4.78 is 1.86. The Kier molecular flexibility index (Phi) is 6.98. The van der Waals surface area contributed by atoms with Crippen LogP contribution in [0.2, 0.25) is 0 Å². The van der Waals surface area contributed by atoms with Crippen LogP contribution in [-0.4, -0.2) is 75.9 Å². The van der Waals surface area contributed by atoms with Crippen LogP contribution in [0.1, 0.15) is 63.3 Å². The smallest absolute Gasteiger partial charge is 0.230 e. The van der Waals surface area contributed by atoms with Gasteiger partial charge in [-0.3, -0.25) is 15.4 Å². The summed E-state index contributed by atoms with van der Waals surface area (Å²) in [5.41, 5.74) is 15.1. The number of carbonyl (C=O) groups excluding carboxylic acids is 1. The Hall–Kier alpha value is -2.27. The van der Waals surface area contributed by atoms with Crippen molar-refractivity contribution in [1.29, 1.82) is 0 Å². The molecule has 35 heavy (non-hydrogen) atoms. The normalized spacial score (nSPS) is 30.7. The number of hydrogen-bond donors (Lipinski definition) is 4. The van der Waals surface area contributed by atoms with Crippen LogP contribution in [0.15, 0.2) is 12.3 Å². The van der Waals surface area contributed by atoms with Gasteiger partial charge < -0.3 is 21.3 Å². The van der Waals surface area contributed by atoms with E-state index in [1.165, 1.54) is 0 Å². The zero-order valence-corrected chi connectivity index (χ0v) is 21.3. The van der Waals surface area contributed by atoms with E-state index in [2.05, 4.69) is 36.3 Å². The third-order valence-corrected chi connectivity index (χ3v) is 7.88. The standard InChI is InChI=1S/C25H41N9O/c1-15-13-34-22(30-24(15)32-9-7-18(27)14-32)11-20(31-34)21-6-4-5-8-33(21)25(35)19(12-26)23-28-16(2)10-17(3)29-23/h11,13,16-19,21,23,28-29H,4-10,12,14,26-27H2,1-3H3/t16?,17?,18-,19?,21-,23?/m0/s1. The predicted octanol–water partition coefficient (Wildman–Crippen LogP) is 0.890. The minimum Gasteiger partial charge on any atom is -0.355 e. The summed E-state index contributed by atoms with van der Waals surface area (Å²) in [4.78, 5) is 23.1. The van der Waals surface area contributed by atoms with Gasteiger partial charge in [0, 0.05) is 62.1 Å². The van der Waals surface area contributed by atoms with Crippen molar-refractivity contribution in [2.75, 3.05) is 31.1 Å². The first-order chi connectivity index (χ1) is 16.8. The predicted molar refractivity (Wildman–Crippen MR) is 137 cm³/mol. The number of aryl methyl sites for hydroxylation is 1. The molecule has 1 amide bonds. The molecule has 5 heterocycles. The van der Waals surface area contributed by atoms with E-state index in [0.717, 1.165) is 74.5 Å². The van der Waals surface area contributed by atoms with Crippen molar-refractivity contribution in [1.82, 2.24) is 30.1 Å². The zero-order valence-electron chi connectivity index (χ0n) is 21.3. The third-order valence-electron chi connectivity index (χ3n) is 7.88. The van der Waals surface area contributed by atoms with Crippen molar-refractivity contribution in [3.05, 3.63) is 23.5 Å². The molecule has 0 spiro atoms. The Balaban J connectivity index is 1.40. The lowest BCUT2D eigenvalue weighted by Gasteiger charge is -2.42. The fourth-order valence-electron chi connectivity index (χ4n) is 6.14. The number of hydrogen-bond acceptors (Lipinski definition) is 8. The molecule has 3 unspecified atom stereocenters. The SMILES string of the molecule is Cc1cn2nc([C@@H]3CCCCN3C(=O)C(CN)C3NC(C)CC(C)N3)cc2nc1N1CC[C@H](N)C1. The summed E-state index contributed by atoms with van der Waals surface area (Å²) in [5.74, 6) is 0.773. The maximum atomic E-state index is 13.9. The van der Waals surface area contributed by atoms with Gasteiger partial charge in [-0.2, -0.15) is 5.10 Å². The van der Waals surface area contributed by atoms with Crippen molar-refractivity contribution in [2.24, 2.45) is 17.4 Å². The Bertz CT molecular complexity index is 1040. The lowest BCUT2D eigenvalue weighted by atomic mass is 9.93. The molecule has 0 radical (unpaired) electrons. The van der Waals surface area contributed by atoms with Crippen molar-refractivity contribution in [3.63, 3.8) is 0 Å². The van der Waals surface area contributed by atoms with Crippen LogP contribution >= 0.6 is 0 Å². The van der Waals surface area contributed by atoms with Gasteiger partial charge in [0.05, 0.1) is 23.8 Å². The highest BCUT2D eigenvalue weighted by Crippen LogP contribution is 2.33. The molecule has 3 fully saturated rings. The number of fused-ring (bicyclic) bond motifs is 1. The van der Waals surface area contributed by atoms with Crippen LogP contribution in [0, 0.1) is 12.8 Å². The molecule has 3 aliphatic heterocycles. The number of carbonyl (C=O) groups is 1. The molecule has 2 aromatic heterocycles. The monoisotopic (exact) mass is 483 g/mol. The maximum Gasteiger partial charge on any atom is 0.230 e. The van der Waals surface area contributed by atoms with Crippen molar-refractivity contribution in [2.45, 2.75) is 83.2 Å². The average molecular weight is 484 g/mol. The summed E-state index contributed by atoms with van der Waals surface area (Å²) in [6.07, 6.45) is 6.93. The van der Waals surface area contributed by atoms with Gasteiger partial charge in [-0.05, 0) is 52.9 Å². The van der Waals surface area contributed by atoms with Crippen molar-refractivity contribution < 1.29 is 4.79 Å². The van der Waals surface area contributed by atoms with E-state index < -0.39 is 0 Å². The first-order valence-electron chi connectivity index (χ1n) is 13.2. The van der Waals surface area contributed by atoms with Crippen LogP contribution in [0.5, 0.6) is 0 Å². The molecule has 10 nitrogen and oxygen atoms in total. The van der Waals surface area contributed by atoms with Crippen LogP contribution < -0.4 is 27.0 Å². The van der Waals surface area contributed by atoms with E-state index in [1.807, 2.05) is 21.7 Å². The molecule has 0 saturated carbocycles. The van der Waals surface area contributed by atoms with Crippen molar-refractivity contribution in [3.8, 4) is 0 Å². The van der Waals surface area contributed by atoms with Crippen molar-refractivity contribution >= 4 is 17.4 Å². The molecular formula is C25H41N9O. The lowest BCUT2D eigenvalue weighted by molar-refractivity contribution is -0.141. The van der Waals surface area contributed by atoms with E-state index in [0.29, 0.717) is 18.6 Å². The molecule has 0 aliphatic carbocycles. The van der Waals surface area contributed by atoms with E-state index >= 15 is 0 Å². The summed E-state index contributed by atoms with van der Waals surface area (Å²) in [7, 11) is 0. The molecule has 5 rings (SSSR count). The molecule has 3 aliphatic rings. The van der Waals surface area contributed by atoms with E-state index in [9.17, 15) is 4.79 Å². The fraction of sp³-hybridized carbons (Fsp3) is 0.720. The highest BCUT2D eigenvalue weighted by atomic mass is 16.2. The average Bonchev–Trinajstić information content (AvgIpc) is 3.44. The number of aromatic nitrogens is 3. The Morgan fingerprint density at radius 2 is 1.97 bits per heavy atom. The summed E-state index contributed by atoms with van der Waals surface area (Å²) in [6.45, 7) is 9.20. The number of anilines is 1. The van der Waals surface area contributed by atoms with Gasteiger partial charge in [0.25, 0.3) is 0 Å². The Morgan fingerprint density at radius 1 is 1.20 bits per heavy atom. The quantitative estimate of drug-likeness (QED) is 0.493. The van der Waals surface area contributed by atoms with E-state index in [4.69, 9.17) is 21.5 Å². The molecule has 2 aromatic rings. The van der Waals surface area contributed by atoms with Gasteiger partial charge >= 0.3 is 0 Å². The van der Waals surface area contributed by atoms with Crippen LogP contribution in [0.25, 0.3) is 5.65 Å². The van der Waals surface area contributed by atoms with Gasteiger partial charge in [0.2, 0.25) is 5.91 Å². The van der Waals surface area contributed by atoms with Crippen LogP contribution in [-0.2, 0) is 4.79 Å². The largest absolute Gasteiger partial charge is 0.355 e. The fourth-order valence-corrected chi connectivity index (χ4v) is 6.14. The number of rotatable bonds is 5. The van der Waals surface area contributed by atoms with Gasteiger partial charge in [-0.25, -0.2) is 9.50 Å².